The summed E-state index contributed by atoms with van der Waals surface area (Å²) in [6.45, 7) is 6.34. The molecule has 1 saturated heterocycles. The Morgan fingerprint density at radius 2 is 2.33 bits per heavy atom. The van der Waals surface area contributed by atoms with E-state index in [0.717, 1.165) is 39.1 Å². The average Bonchev–Trinajstić information content (AvgIpc) is 2.30. The second-order valence-electron chi connectivity index (χ2n) is 4.46. The molecule has 2 atom stereocenters. The second kappa shape index (κ2) is 8.08. The molecule has 1 rings (SSSR count). The van der Waals surface area contributed by atoms with E-state index >= 15 is 0 Å². The molecule has 1 fully saturated rings. The second-order valence-corrected chi connectivity index (χ2v) is 4.46. The van der Waals surface area contributed by atoms with Gasteiger partial charge in [-0.2, -0.15) is 0 Å². The fourth-order valence-corrected chi connectivity index (χ4v) is 2.20. The topological polar surface area (TPSA) is 41.5 Å². The molecule has 0 aromatic carbocycles. The summed E-state index contributed by atoms with van der Waals surface area (Å²) < 4.78 is 5.46. The van der Waals surface area contributed by atoms with Crippen LogP contribution in [-0.2, 0) is 4.74 Å². The maximum Gasteiger partial charge on any atom is 0.0497 e. The Bertz CT molecular complexity index is 147. The monoisotopic (exact) mass is 215 g/mol. The quantitative estimate of drug-likeness (QED) is 0.631. The molecular weight excluding hydrogens is 190 g/mol. The van der Waals surface area contributed by atoms with Crippen LogP contribution in [-0.4, -0.2) is 38.0 Å². The Labute approximate surface area is 93.2 Å². The molecule has 1 aliphatic rings. The smallest absolute Gasteiger partial charge is 0.0497 e. The third-order valence-electron chi connectivity index (χ3n) is 3.22. The minimum Gasteiger partial charge on any atom is -0.396 e. The highest BCUT2D eigenvalue weighted by Gasteiger charge is 2.22. The summed E-state index contributed by atoms with van der Waals surface area (Å²) in [5.74, 6) is 1.00. The van der Waals surface area contributed by atoms with Gasteiger partial charge in [-0.05, 0) is 50.6 Å². The molecule has 0 spiro atoms. The van der Waals surface area contributed by atoms with Crippen LogP contribution in [0.3, 0.4) is 0 Å². The van der Waals surface area contributed by atoms with E-state index in [2.05, 4.69) is 12.2 Å². The SMILES string of the molecule is CCCNCCC(CO)C1CCCOC1. The van der Waals surface area contributed by atoms with Gasteiger partial charge in [0.15, 0.2) is 0 Å². The van der Waals surface area contributed by atoms with Gasteiger partial charge < -0.3 is 15.2 Å². The van der Waals surface area contributed by atoms with Gasteiger partial charge in [-0.15, -0.1) is 0 Å². The fourth-order valence-electron chi connectivity index (χ4n) is 2.20. The lowest BCUT2D eigenvalue weighted by atomic mass is 9.86. The molecule has 3 heteroatoms. The van der Waals surface area contributed by atoms with E-state index in [-0.39, 0.29) is 0 Å². The highest BCUT2D eigenvalue weighted by Crippen LogP contribution is 2.24. The van der Waals surface area contributed by atoms with Crippen molar-refractivity contribution in [2.24, 2.45) is 11.8 Å². The van der Waals surface area contributed by atoms with E-state index in [1.165, 1.54) is 12.8 Å². The molecule has 0 radical (unpaired) electrons. The molecule has 3 nitrogen and oxygen atoms in total. The third kappa shape index (κ3) is 4.96. The minimum atomic E-state index is 0.307. The number of hydrogen-bond donors (Lipinski definition) is 2. The van der Waals surface area contributed by atoms with Gasteiger partial charge in [0.2, 0.25) is 0 Å². The zero-order valence-electron chi connectivity index (χ0n) is 9.87. The van der Waals surface area contributed by atoms with Crippen LogP contribution < -0.4 is 5.32 Å². The first kappa shape index (κ1) is 12.9. The molecular formula is C12H25NO2. The molecule has 0 aromatic rings. The van der Waals surface area contributed by atoms with E-state index in [9.17, 15) is 5.11 Å². The summed E-state index contributed by atoms with van der Waals surface area (Å²) in [6, 6.07) is 0. The van der Waals surface area contributed by atoms with E-state index in [1.807, 2.05) is 0 Å². The van der Waals surface area contributed by atoms with Gasteiger partial charge >= 0.3 is 0 Å². The molecule has 15 heavy (non-hydrogen) atoms. The van der Waals surface area contributed by atoms with Crippen molar-refractivity contribution < 1.29 is 9.84 Å². The van der Waals surface area contributed by atoms with E-state index in [1.54, 1.807) is 0 Å². The predicted molar refractivity (Wildman–Crippen MR) is 61.9 cm³/mol. The summed E-state index contributed by atoms with van der Waals surface area (Å²) in [4.78, 5) is 0. The summed E-state index contributed by atoms with van der Waals surface area (Å²) >= 11 is 0. The van der Waals surface area contributed by atoms with E-state index in [0.29, 0.717) is 18.4 Å². The molecule has 2 N–H and O–H groups in total. The minimum absolute atomic E-state index is 0.307. The van der Waals surface area contributed by atoms with Gasteiger partial charge in [0.1, 0.15) is 0 Å². The van der Waals surface area contributed by atoms with Crippen LogP contribution in [0.15, 0.2) is 0 Å². The standard InChI is InChI=1S/C12H25NO2/c1-2-6-13-7-5-11(9-14)12-4-3-8-15-10-12/h11-14H,2-10H2,1H3. The lowest BCUT2D eigenvalue weighted by Crippen LogP contribution is -2.30. The van der Waals surface area contributed by atoms with Crippen LogP contribution in [0, 0.1) is 11.8 Å². The molecule has 0 aliphatic carbocycles. The molecule has 0 bridgehead atoms. The number of aliphatic hydroxyl groups excluding tert-OH is 1. The van der Waals surface area contributed by atoms with Crippen LogP contribution in [0.1, 0.15) is 32.6 Å². The van der Waals surface area contributed by atoms with Gasteiger partial charge in [-0.3, -0.25) is 0 Å². The number of ether oxygens (including phenoxy) is 1. The number of nitrogens with one attached hydrogen (secondary N) is 1. The molecule has 0 saturated carbocycles. The largest absolute Gasteiger partial charge is 0.396 e. The van der Waals surface area contributed by atoms with E-state index < -0.39 is 0 Å². The summed E-state index contributed by atoms with van der Waals surface area (Å²) in [5.41, 5.74) is 0. The van der Waals surface area contributed by atoms with Crippen LogP contribution in [0.4, 0.5) is 0 Å². The Kier molecular flexibility index (Phi) is 6.98. The molecule has 1 heterocycles. The van der Waals surface area contributed by atoms with Crippen molar-refractivity contribution in [2.45, 2.75) is 32.6 Å². The molecule has 1 aliphatic heterocycles. The summed E-state index contributed by atoms with van der Waals surface area (Å²) in [5, 5.41) is 12.7. The van der Waals surface area contributed by atoms with Gasteiger partial charge in [0.25, 0.3) is 0 Å². The van der Waals surface area contributed by atoms with Crippen LogP contribution in [0.5, 0.6) is 0 Å². The van der Waals surface area contributed by atoms with Crippen molar-refractivity contribution in [1.82, 2.24) is 5.32 Å². The Hall–Kier alpha value is -0.120. The molecule has 0 amide bonds. The highest BCUT2D eigenvalue weighted by atomic mass is 16.5. The van der Waals surface area contributed by atoms with Crippen LogP contribution >= 0.6 is 0 Å². The van der Waals surface area contributed by atoms with Crippen molar-refractivity contribution >= 4 is 0 Å². The maximum atomic E-state index is 9.35. The predicted octanol–water partition coefficient (Wildman–Crippen LogP) is 1.41. The maximum absolute atomic E-state index is 9.35. The first-order chi connectivity index (χ1) is 7.38. The fraction of sp³-hybridized carbons (Fsp3) is 1.00. The molecule has 2 unspecified atom stereocenters. The summed E-state index contributed by atoms with van der Waals surface area (Å²) in [7, 11) is 0. The summed E-state index contributed by atoms with van der Waals surface area (Å²) in [6.07, 6.45) is 4.63. The first-order valence-corrected chi connectivity index (χ1v) is 6.27. The van der Waals surface area contributed by atoms with Crippen LogP contribution in [0.2, 0.25) is 0 Å². The first-order valence-electron chi connectivity index (χ1n) is 6.27. The zero-order valence-corrected chi connectivity index (χ0v) is 9.87. The average molecular weight is 215 g/mol. The number of rotatable bonds is 7. The van der Waals surface area contributed by atoms with Crippen molar-refractivity contribution in [3.63, 3.8) is 0 Å². The van der Waals surface area contributed by atoms with Crippen molar-refractivity contribution in [3.8, 4) is 0 Å². The van der Waals surface area contributed by atoms with Crippen LogP contribution in [0.25, 0.3) is 0 Å². The zero-order chi connectivity index (χ0) is 10.9. The van der Waals surface area contributed by atoms with E-state index in [4.69, 9.17) is 4.74 Å². The van der Waals surface area contributed by atoms with Crippen molar-refractivity contribution in [1.29, 1.82) is 0 Å². The normalized spacial score (nSPS) is 24.0. The third-order valence-corrected chi connectivity index (χ3v) is 3.22. The van der Waals surface area contributed by atoms with Crippen molar-refractivity contribution in [3.05, 3.63) is 0 Å². The van der Waals surface area contributed by atoms with Gasteiger partial charge in [0, 0.05) is 19.8 Å². The lowest BCUT2D eigenvalue weighted by Gasteiger charge is -2.29. The van der Waals surface area contributed by atoms with Gasteiger partial charge in [0.05, 0.1) is 0 Å². The Morgan fingerprint density at radius 1 is 1.47 bits per heavy atom. The van der Waals surface area contributed by atoms with Gasteiger partial charge in [-0.25, -0.2) is 0 Å². The Morgan fingerprint density at radius 3 is 2.93 bits per heavy atom. The Balaban J connectivity index is 2.15. The number of aliphatic hydroxyl groups is 1. The highest BCUT2D eigenvalue weighted by molar-refractivity contribution is 4.73. The lowest BCUT2D eigenvalue weighted by molar-refractivity contribution is 0.0143. The van der Waals surface area contributed by atoms with Gasteiger partial charge in [-0.1, -0.05) is 6.92 Å². The number of hydrogen-bond acceptors (Lipinski definition) is 3. The van der Waals surface area contributed by atoms with Crippen molar-refractivity contribution in [2.75, 3.05) is 32.9 Å². The molecule has 90 valence electrons. The molecule has 0 aromatic heterocycles.